The van der Waals surface area contributed by atoms with Crippen molar-refractivity contribution in [3.63, 3.8) is 0 Å². The molecular weight excluding hydrogens is 220 g/mol. The lowest BCUT2D eigenvalue weighted by Crippen LogP contribution is -2.39. The minimum absolute atomic E-state index is 0.395. The first-order chi connectivity index (χ1) is 7.78. The van der Waals surface area contributed by atoms with Crippen LogP contribution in [-0.2, 0) is 6.42 Å². The molecule has 16 heavy (non-hydrogen) atoms. The van der Waals surface area contributed by atoms with Crippen LogP contribution < -0.4 is 11.3 Å². The molecule has 0 spiro atoms. The minimum Gasteiger partial charge on any atom is -0.271 e. The Bertz CT molecular complexity index is 319. The molecule has 3 N–H and O–H groups in total. The van der Waals surface area contributed by atoms with Gasteiger partial charge in [0.25, 0.3) is 0 Å². The van der Waals surface area contributed by atoms with Crippen LogP contribution in [-0.4, -0.2) is 6.04 Å². The molecule has 0 radical (unpaired) electrons. The van der Waals surface area contributed by atoms with E-state index in [1.54, 1.807) is 0 Å². The molecule has 0 aliphatic heterocycles. The molecule has 88 valence electrons. The molecule has 1 aliphatic carbocycles. The second kappa shape index (κ2) is 5.67. The van der Waals surface area contributed by atoms with E-state index in [-0.39, 0.29) is 0 Å². The molecule has 0 amide bonds. The van der Waals surface area contributed by atoms with Crippen LogP contribution in [0.3, 0.4) is 0 Å². The Morgan fingerprint density at radius 3 is 2.50 bits per heavy atom. The fraction of sp³-hybridized carbons (Fsp3) is 0.538. The second-order valence-corrected chi connectivity index (χ2v) is 5.16. The summed E-state index contributed by atoms with van der Waals surface area (Å²) < 4.78 is 0. The highest BCUT2D eigenvalue weighted by molar-refractivity contribution is 6.30. The average molecular weight is 239 g/mol. The lowest BCUT2D eigenvalue weighted by molar-refractivity contribution is 0.259. The summed E-state index contributed by atoms with van der Waals surface area (Å²) in [6.45, 7) is 0. The summed E-state index contributed by atoms with van der Waals surface area (Å²) in [7, 11) is 0. The molecule has 1 aliphatic rings. The maximum Gasteiger partial charge on any atom is 0.0406 e. The number of rotatable bonds is 5. The van der Waals surface area contributed by atoms with Crippen LogP contribution in [0.5, 0.6) is 0 Å². The highest BCUT2D eigenvalue weighted by atomic mass is 35.5. The summed E-state index contributed by atoms with van der Waals surface area (Å²) in [6, 6.07) is 8.43. The van der Waals surface area contributed by atoms with Crippen LogP contribution in [0.25, 0.3) is 0 Å². The molecule has 1 unspecified atom stereocenters. The Hall–Kier alpha value is -0.570. The normalized spacial score (nSPS) is 18.1. The molecule has 1 atom stereocenters. The van der Waals surface area contributed by atoms with Crippen molar-refractivity contribution in [2.75, 3.05) is 0 Å². The summed E-state index contributed by atoms with van der Waals surface area (Å²) in [5, 5.41) is 0.792. The van der Waals surface area contributed by atoms with Crippen LogP contribution >= 0.6 is 11.6 Å². The summed E-state index contributed by atoms with van der Waals surface area (Å²) in [4.78, 5) is 0. The minimum atomic E-state index is 0.395. The van der Waals surface area contributed by atoms with Gasteiger partial charge in [-0.1, -0.05) is 43.0 Å². The Morgan fingerprint density at radius 1 is 1.31 bits per heavy atom. The standard InChI is InChI=1S/C13H19ClN2/c14-12-6-4-11(5-7-12)9-13(16-15)8-10-2-1-3-10/h4-7,10,13,16H,1-3,8-9,15H2. The fourth-order valence-corrected chi connectivity index (χ4v) is 2.37. The van der Waals surface area contributed by atoms with Crippen molar-refractivity contribution in [3.05, 3.63) is 34.9 Å². The van der Waals surface area contributed by atoms with E-state index < -0.39 is 0 Å². The monoisotopic (exact) mass is 238 g/mol. The van der Waals surface area contributed by atoms with Crippen molar-refractivity contribution >= 4 is 11.6 Å². The number of nitrogens with one attached hydrogen (secondary N) is 1. The van der Waals surface area contributed by atoms with Gasteiger partial charge in [0.15, 0.2) is 0 Å². The predicted octanol–water partition coefficient (Wildman–Crippen LogP) is 2.90. The predicted molar refractivity (Wildman–Crippen MR) is 68.2 cm³/mol. The van der Waals surface area contributed by atoms with E-state index in [0.717, 1.165) is 17.4 Å². The number of hydrogen-bond acceptors (Lipinski definition) is 2. The zero-order valence-electron chi connectivity index (χ0n) is 9.45. The van der Waals surface area contributed by atoms with Gasteiger partial charge >= 0.3 is 0 Å². The van der Waals surface area contributed by atoms with Gasteiger partial charge in [-0.3, -0.25) is 11.3 Å². The van der Waals surface area contributed by atoms with Gasteiger partial charge in [0.1, 0.15) is 0 Å². The molecule has 0 aromatic heterocycles. The Labute approximate surface area is 102 Å². The summed E-state index contributed by atoms with van der Waals surface area (Å²) >= 11 is 5.86. The number of hydrogen-bond donors (Lipinski definition) is 2. The largest absolute Gasteiger partial charge is 0.271 e. The third-order valence-corrected chi connectivity index (χ3v) is 3.73. The number of hydrazine groups is 1. The third-order valence-electron chi connectivity index (χ3n) is 3.47. The van der Waals surface area contributed by atoms with Crippen LogP contribution in [0.4, 0.5) is 0 Å². The topological polar surface area (TPSA) is 38.0 Å². The number of halogens is 1. The van der Waals surface area contributed by atoms with Crippen LogP contribution in [0, 0.1) is 5.92 Å². The van der Waals surface area contributed by atoms with Crippen molar-refractivity contribution in [2.24, 2.45) is 11.8 Å². The molecule has 0 bridgehead atoms. The quantitative estimate of drug-likeness (QED) is 0.612. The van der Waals surface area contributed by atoms with Gasteiger partial charge in [-0.25, -0.2) is 0 Å². The van der Waals surface area contributed by atoms with Crippen molar-refractivity contribution in [1.29, 1.82) is 0 Å². The first-order valence-corrected chi connectivity index (χ1v) is 6.36. The van der Waals surface area contributed by atoms with E-state index in [1.165, 1.54) is 31.2 Å². The highest BCUT2D eigenvalue weighted by Gasteiger charge is 2.21. The zero-order valence-corrected chi connectivity index (χ0v) is 10.2. The SMILES string of the molecule is NNC(Cc1ccc(Cl)cc1)CC1CCC1. The van der Waals surface area contributed by atoms with Gasteiger partial charge in [0, 0.05) is 11.1 Å². The lowest BCUT2D eigenvalue weighted by atomic mass is 9.80. The number of benzene rings is 1. The highest BCUT2D eigenvalue weighted by Crippen LogP contribution is 2.31. The van der Waals surface area contributed by atoms with Crippen LogP contribution in [0.2, 0.25) is 5.02 Å². The van der Waals surface area contributed by atoms with Gasteiger partial charge in [-0.05, 0) is 36.5 Å². The second-order valence-electron chi connectivity index (χ2n) is 4.73. The molecule has 0 saturated heterocycles. The third kappa shape index (κ3) is 3.21. The molecule has 0 heterocycles. The van der Waals surface area contributed by atoms with Crippen molar-refractivity contribution < 1.29 is 0 Å². The van der Waals surface area contributed by atoms with Gasteiger partial charge in [-0.2, -0.15) is 0 Å². The van der Waals surface area contributed by atoms with Gasteiger partial charge in [0.2, 0.25) is 0 Å². The average Bonchev–Trinajstić information content (AvgIpc) is 2.24. The van der Waals surface area contributed by atoms with E-state index in [9.17, 15) is 0 Å². The summed E-state index contributed by atoms with van der Waals surface area (Å²) in [6.07, 6.45) is 6.32. The maximum atomic E-state index is 5.86. The van der Waals surface area contributed by atoms with E-state index >= 15 is 0 Å². The lowest BCUT2D eigenvalue weighted by Gasteiger charge is -2.29. The van der Waals surface area contributed by atoms with Crippen molar-refractivity contribution in [3.8, 4) is 0 Å². The molecule has 1 fully saturated rings. The fourth-order valence-electron chi connectivity index (χ4n) is 2.25. The van der Waals surface area contributed by atoms with Gasteiger partial charge < -0.3 is 0 Å². The van der Waals surface area contributed by atoms with E-state index in [0.29, 0.717) is 6.04 Å². The van der Waals surface area contributed by atoms with Crippen LogP contribution in [0.1, 0.15) is 31.2 Å². The molecule has 1 aromatic carbocycles. The van der Waals surface area contributed by atoms with Gasteiger partial charge in [-0.15, -0.1) is 0 Å². The Morgan fingerprint density at radius 2 is 2.00 bits per heavy atom. The Balaban J connectivity index is 1.87. The van der Waals surface area contributed by atoms with E-state index in [1.807, 2.05) is 12.1 Å². The molecule has 2 rings (SSSR count). The number of nitrogens with two attached hydrogens (primary N) is 1. The van der Waals surface area contributed by atoms with E-state index in [4.69, 9.17) is 17.4 Å². The van der Waals surface area contributed by atoms with Gasteiger partial charge in [0.05, 0.1) is 0 Å². The van der Waals surface area contributed by atoms with Crippen molar-refractivity contribution in [2.45, 2.75) is 38.1 Å². The molecule has 1 saturated carbocycles. The molecule has 1 aromatic rings. The summed E-state index contributed by atoms with van der Waals surface area (Å²) in [5.74, 6) is 6.48. The maximum absolute atomic E-state index is 5.86. The smallest absolute Gasteiger partial charge is 0.0406 e. The van der Waals surface area contributed by atoms with Crippen LogP contribution in [0.15, 0.2) is 24.3 Å². The van der Waals surface area contributed by atoms with E-state index in [2.05, 4.69) is 17.6 Å². The first-order valence-electron chi connectivity index (χ1n) is 5.98. The first kappa shape index (κ1) is 11.9. The zero-order chi connectivity index (χ0) is 11.4. The molecule has 2 nitrogen and oxygen atoms in total. The summed E-state index contributed by atoms with van der Waals surface area (Å²) in [5.41, 5.74) is 4.23. The van der Waals surface area contributed by atoms with Crippen molar-refractivity contribution in [1.82, 2.24) is 5.43 Å². The molecular formula is C13H19ClN2. The molecule has 3 heteroatoms. The Kier molecular flexibility index (Phi) is 4.22.